The number of Topliss-reactive ketones (excluding diaryl/α,β-unsaturated/α-hetero) is 1. The molecule has 146 valence electrons. The predicted molar refractivity (Wildman–Crippen MR) is 113 cm³/mol. The van der Waals surface area contributed by atoms with Gasteiger partial charge in [-0.25, -0.2) is 0 Å². The van der Waals surface area contributed by atoms with Crippen molar-refractivity contribution in [1.29, 1.82) is 0 Å². The number of benzene rings is 1. The van der Waals surface area contributed by atoms with Crippen molar-refractivity contribution in [3.05, 3.63) is 94.0 Å². The van der Waals surface area contributed by atoms with Crippen LogP contribution >= 0.6 is 0 Å². The molecule has 2 aromatic heterocycles. The average molecular weight is 387 g/mol. The van der Waals surface area contributed by atoms with Crippen molar-refractivity contribution in [2.45, 2.75) is 13.8 Å². The molecule has 0 radical (unpaired) electrons. The Morgan fingerprint density at radius 3 is 2.76 bits per heavy atom. The van der Waals surface area contributed by atoms with Crippen molar-refractivity contribution < 1.29 is 9.72 Å². The van der Waals surface area contributed by atoms with Crippen LogP contribution < -0.4 is 0 Å². The zero-order valence-corrected chi connectivity index (χ0v) is 16.3. The third-order valence-electron chi connectivity index (χ3n) is 5.29. The fourth-order valence-corrected chi connectivity index (χ4v) is 3.72. The second kappa shape index (κ2) is 7.39. The van der Waals surface area contributed by atoms with Crippen LogP contribution in [0.1, 0.15) is 23.0 Å². The van der Waals surface area contributed by atoms with Crippen LogP contribution in [0.5, 0.6) is 0 Å². The molecule has 3 heterocycles. The summed E-state index contributed by atoms with van der Waals surface area (Å²) in [4.78, 5) is 26.3. The third kappa shape index (κ3) is 3.45. The highest BCUT2D eigenvalue weighted by Crippen LogP contribution is 2.32. The van der Waals surface area contributed by atoms with Crippen molar-refractivity contribution in [2.24, 2.45) is 0 Å². The van der Waals surface area contributed by atoms with E-state index in [1.165, 1.54) is 12.1 Å². The highest BCUT2D eigenvalue weighted by molar-refractivity contribution is 6.04. The van der Waals surface area contributed by atoms with E-state index >= 15 is 0 Å². The number of pyridine rings is 1. The molecular formula is C23H21N3O3. The Labute approximate surface area is 168 Å². The van der Waals surface area contributed by atoms with Crippen LogP contribution in [-0.4, -0.2) is 33.1 Å². The van der Waals surface area contributed by atoms with Crippen LogP contribution in [0.15, 0.2) is 72.6 Å². The molecule has 0 aliphatic carbocycles. The van der Waals surface area contributed by atoms with Crippen LogP contribution in [0.3, 0.4) is 0 Å². The smallest absolute Gasteiger partial charge is 0.270 e. The Hall–Kier alpha value is -3.67. The molecule has 6 heteroatoms. The SMILES string of the molecule is CC1=CC=CCN1CC(=O)c1c(-c2cccc([N+](=O)[O-])c2)cc2c(C)cccn12. The van der Waals surface area contributed by atoms with Gasteiger partial charge in [0.2, 0.25) is 0 Å². The van der Waals surface area contributed by atoms with Crippen molar-refractivity contribution in [3.8, 4) is 11.1 Å². The molecule has 0 bridgehead atoms. The summed E-state index contributed by atoms with van der Waals surface area (Å²) in [7, 11) is 0. The van der Waals surface area contributed by atoms with Gasteiger partial charge < -0.3 is 9.30 Å². The van der Waals surface area contributed by atoms with Gasteiger partial charge in [0.15, 0.2) is 5.78 Å². The quantitative estimate of drug-likeness (QED) is 0.359. The number of nitrogens with zero attached hydrogens (tertiary/aromatic N) is 3. The van der Waals surface area contributed by atoms with E-state index in [9.17, 15) is 14.9 Å². The van der Waals surface area contributed by atoms with Gasteiger partial charge in [-0.05, 0) is 43.2 Å². The summed E-state index contributed by atoms with van der Waals surface area (Å²) < 4.78 is 1.89. The monoisotopic (exact) mass is 387 g/mol. The molecule has 0 saturated heterocycles. The van der Waals surface area contributed by atoms with Gasteiger partial charge in [-0.3, -0.25) is 14.9 Å². The van der Waals surface area contributed by atoms with E-state index in [0.717, 1.165) is 16.8 Å². The van der Waals surface area contributed by atoms with E-state index in [2.05, 4.69) is 0 Å². The van der Waals surface area contributed by atoms with Crippen LogP contribution in [0.4, 0.5) is 5.69 Å². The van der Waals surface area contributed by atoms with Crippen molar-refractivity contribution in [3.63, 3.8) is 0 Å². The van der Waals surface area contributed by atoms with Gasteiger partial charge >= 0.3 is 0 Å². The number of allylic oxidation sites excluding steroid dienone is 3. The standard InChI is InChI=1S/C23H21N3O3/c1-16-7-6-12-25-21(16)14-20(18-9-5-10-19(13-18)26(28)29)23(25)22(27)15-24-11-4-3-8-17(24)2/h3-10,12-14H,11,15H2,1-2H3. The Morgan fingerprint density at radius 1 is 1.17 bits per heavy atom. The number of ketones is 1. The van der Waals surface area contributed by atoms with E-state index in [1.54, 1.807) is 6.07 Å². The maximum atomic E-state index is 13.4. The highest BCUT2D eigenvalue weighted by atomic mass is 16.6. The molecule has 29 heavy (non-hydrogen) atoms. The number of hydrogen-bond donors (Lipinski definition) is 0. The first-order chi connectivity index (χ1) is 14.0. The maximum Gasteiger partial charge on any atom is 0.270 e. The molecular weight excluding hydrogens is 366 g/mol. The minimum Gasteiger partial charge on any atom is -0.364 e. The predicted octanol–water partition coefficient (Wildman–Crippen LogP) is 4.78. The summed E-state index contributed by atoms with van der Waals surface area (Å²) in [5.41, 5.74) is 4.92. The summed E-state index contributed by atoms with van der Waals surface area (Å²) in [6, 6.07) is 12.3. The van der Waals surface area contributed by atoms with E-state index in [1.807, 2.05) is 71.8 Å². The number of hydrogen-bond acceptors (Lipinski definition) is 4. The average Bonchev–Trinajstić information content (AvgIpc) is 3.11. The van der Waals surface area contributed by atoms with E-state index in [-0.39, 0.29) is 18.0 Å². The highest BCUT2D eigenvalue weighted by Gasteiger charge is 2.23. The van der Waals surface area contributed by atoms with Gasteiger partial charge in [-0.1, -0.05) is 30.4 Å². The first-order valence-corrected chi connectivity index (χ1v) is 9.43. The number of rotatable bonds is 5. The van der Waals surface area contributed by atoms with E-state index in [4.69, 9.17) is 0 Å². The van der Waals surface area contributed by atoms with Crippen molar-refractivity contribution >= 4 is 17.0 Å². The summed E-state index contributed by atoms with van der Waals surface area (Å²) in [5.74, 6) is -0.0276. The van der Waals surface area contributed by atoms with Crippen LogP contribution in [-0.2, 0) is 0 Å². The molecule has 4 rings (SSSR count). The molecule has 0 amide bonds. The minimum absolute atomic E-state index is 0.00724. The first-order valence-electron chi connectivity index (χ1n) is 9.43. The molecule has 6 nitrogen and oxygen atoms in total. The topological polar surface area (TPSA) is 67.9 Å². The summed E-state index contributed by atoms with van der Waals surface area (Å²) in [6.45, 7) is 4.90. The molecule has 0 fully saturated rings. The van der Waals surface area contributed by atoms with Crippen LogP contribution in [0, 0.1) is 17.0 Å². The van der Waals surface area contributed by atoms with Crippen molar-refractivity contribution in [1.82, 2.24) is 9.30 Å². The zero-order valence-electron chi connectivity index (χ0n) is 16.3. The number of nitro benzene ring substituents is 1. The molecule has 0 atom stereocenters. The number of fused-ring (bicyclic) bond motifs is 1. The minimum atomic E-state index is -0.416. The fraction of sp³-hybridized carbons (Fsp3) is 0.174. The number of non-ortho nitro benzene ring substituents is 1. The van der Waals surface area contributed by atoms with Gasteiger partial charge in [0.1, 0.15) is 0 Å². The Balaban J connectivity index is 1.85. The number of aryl methyl sites for hydroxylation is 1. The lowest BCUT2D eigenvalue weighted by Crippen LogP contribution is -2.30. The molecule has 1 aromatic carbocycles. The van der Waals surface area contributed by atoms with Crippen LogP contribution in [0.25, 0.3) is 16.6 Å². The lowest BCUT2D eigenvalue weighted by atomic mass is 10.0. The second-order valence-corrected chi connectivity index (χ2v) is 7.20. The molecule has 1 aliphatic rings. The number of nitro groups is 1. The van der Waals surface area contributed by atoms with Crippen LogP contribution in [0.2, 0.25) is 0 Å². The molecule has 1 aliphatic heterocycles. The molecule has 0 saturated carbocycles. The summed E-state index contributed by atoms with van der Waals surface area (Å²) in [6.07, 6.45) is 7.86. The largest absolute Gasteiger partial charge is 0.364 e. The normalized spacial score (nSPS) is 13.6. The van der Waals surface area contributed by atoms with Gasteiger partial charge in [-0.2, -0.15) is 0 Å². The summed E-state index contributed by atoms with van der Waals surface area (Å²) in [5, 5.41) is 11.2. The first kappa shape index (κ1) is 18.7. The maximum absolute atomic E-state index is 13.4. The third-order valence-corrected chi connectivity index (χ3v) is 5.29. The lowest BCUT2D eigenvalue weighted by molar-refractivity contribution is -0.384. The van der Waals surface area contributed by atoms with Gasteiger partial charge in [0.05, 0.1) is 17.2 Å². The summed E-state index contributed by atoms with van der Waals surface area (Å²) >= 11 is 0. The number of aromatic nitrogens is 1. The van der Waals surface area contributed by atoms with E-state index < -0.39 is 4.92 Å². The Morgan fingerprint density at radius 2 is 2.00 bits per heavy atom. The number of carbonyl (C=O) groups is 1. The Bertz CT molecular complexity index is 1190. The molecule has 0 unspecified atom stereocenters. The van der Waals surface area contributed by atoms with Gasteiger partial charge in [0, 0.05) is 41.7 Å². The fourth-order valence-electron chi connectivity index (χ4n) is 3.72. The van der Waals surface area contributed by atoms with Gasteiger partial charge in [-0.15, -0.1) is 0 Å². The Kier molecular flexibility index (Phi) is 4.76. The molecule has 0 spiro atoms. The zero-order chi connectivity index (χ0) is 20.5. The molecule has 3 aromatic rings. The number of carbonyl (C=O) groups excluding carboxylic acids is 1. The van der Waals surface area contributed by atoms with Gasteiger partial charge in [0.25, 0.3) is 5.69 Å². The second-order valence-electron chi connectivity index (χ2n) is 7.20. The van der Waals surface area contributed by atoms with E-state index in [0.29, 0.717) is 23.4 Å². The lowest BCUT2D eigenvalue weighted by Gasteiger charge is -2.25. The molecule has 0 N–H and O–H groups in total. The van der Waals surface area contributed by atoms with Crippen molar-refractivity contribution in [2.75, 3.05) is 13.1 Å².